The Bertz CT molecular complexity index is 508. The van der Waals surface area contributed by atoms with Gasteiger partial charge in [-0.2, -0.15) is 0 Å². The van der Waals surface area contributed by atoms with Crippen molar-refractivity contribution >= 4 is 11.7 Å². The summed E-state index contributed by atoms with van der Waals surface area (Å²) < 4.78 is 5.41. The summed E-state index contributed by atoms with van der Waals surface area (Å²) in [6.07, 6.45) is 4.01. The van der Waals surface area contributed by atoms with E-state index in [1.165, 1.54) is 0 Å². The standard InChI is InChI=1S/C15H17NO3/c1-2-8-16-15(18)10-19-12-6-7-13-11(9-12)4-3-5-14(13)17/h2,6-7,9H,1,3-5,8,10H2,(H,16,18). The third-order valence-electron chi connectivity index (χ3n) is 3.04. The van der Waals surface area contributed by atoms with Crippen LogP contribution >= 0.6 is 0 Å². The zero-order valence-electron chi connectivity index (χ0n) is 10.8. The van der Waals surface area contributed by atoms with Crippen LogP contribution in [0.2, 0.25) is 0 Å². The van der Waals surface area contributed by atoms with Crippen molar-refractivity contribution in [3.8, 4) is 5.75 Å². The molecule has 0 aliphatic heterocycles. The Balaban J connectivity index is 1.96. The molecule has 1 aromatic rings. The number of carbonyl (C=O) groups is 2. The maximum Gasteiger partial charge on any atom is 0.258 e. The Kier molecular flexibility index (Phi) is 4.34. The fourth-order valence-corrected chi connectivity index (χ4v) is 2.10. The van der Waals surface area contributed by atoms with Crippen LogP contribution < -0.4 is 10.1 Å². The van der Waals surface area contributed by atoms with Crippen molar-refractivity contribution in [1.82, 2.24) is 5.32 Å². The molecule has 1 aliphatic rings. The summed E-state index contributed by atoms with van der Waals surface area (Å²) >= 11 is 0. The highest BCUT2D eigenvalue weighted by molar-refractivity contribution is 5.98. The molecule has 1 aromatic carbocycles. The number of nitrogens with one attached hydrogen (secondary N) is 1. The number of hydrogen-bond acceptors (Lipinski definition) is 3. The van der Waals surface area contributed by atoms with Crippen LogP contribution in [0.1, 0.15) is 28.8 Å². The zero-order chi connectivity index (χ0) is 13.7. The largest absolute Gasteiger partial charge is 0.484 e. The molecule has 2 rings (SSSR count). The first kappa shape index (κ1) is 13.3. The van der Waals surface area contributed by atoms with Gasteiger partial charge >= 0.3 is 0 Å². The van der Waals surface area contributed by atoms with Gasteiger partial charge in [0.25, 0.3) is 5.91 Å². The molecule has 0 spiro atoms. The van der Waals surface area contributed by atoms with Crippen molar-refractivity contribution in [3.63, 3.8) is 0 Å². The van der Waals surface area contributed by atoms with E-state index in [-0.39, 0.29) is 18.3 Å². The van der Waals surface area contributed by atoms with E-state index in [0.29, 0.717) is 18.7 Å². The third-order valence-corrected chi connectivity index (χ3v) is 3.04. The summed E-state index contributed by atoms with van der Waals surface area (Å²) in [6, 6.07) is 5.38. The van der Waals surface area contributed by atoms with Gasteiger partial charge in [0.2, 0.25) is 0 Å². The van der Waals surface area contributed by atoms with Gasteiger partial charge in [-0.1, -0.05) is 6.08 Å². The number of rotatable bonds is 5. The molecule has 0 fully saturated rings. The molecule has 100 valence electrons. The molecule has 0 saturated carbocycles. The fraction of sp³-hybridized carbons (Fsp3) is 0.333. The topological polar surface area (TPSA) is 55.4 Å². The summed E-state index contributed by atoms with van der Waals surface area (Å²) in [5, 5.41) is 2.64. The van der Waals surface area contributed by atoms with E-state index in [4.69, 9.17) is 4.74 Å². The molecular weight excluding hydrogens is 242 g/mol. The number of benzene rings is 1. The van der Waals surface area contributed by atoms with Crippen LogP contribution in [0.15, 0.2) is 30.9 Å². The molecule has 0 radical (unpaired) electrons. The number of hydrogen-bond donors (Lipinski definition) is 1. The summed E-state index contributed by atoms with van der Waals surface area (Å²) in [5.74, 6) is 0.632. The lowest BCUT2D eigenvalue weighted by Gasteiger charge is -2.15. The predicted octanol–water partition coefficient (Wildman–Crippen LogP) is 1.89. The first-order valence-electron chi connectivity index (χ1n) is 6.37. The summed E-state index contributed by atoms with van der Waals surface area (Å²) in [7, 11) is 0. The smallest absolute Gasteiger partial charge is 0.258 e. The van der Waals surface area contributed by atoms with E-state index in [0.717, 1.165) is 24.0 Å². The van der Waals surface area contributed by atoms with Gasteiger partial charge in [-0.25, -0.2) is 0 Å². The van der Waals surface area contributed by atoms with Crippen LogP contribution in [0, 0.1) is 0 Å². The van der Waals surface area contributed by atoms with Crippen molar-refractivity contribution in [1.29, 1.82) is 0 Å². The monoisotopic (exact) mass is 259 g/mol. The van der Waals surface area contributed by atoms with Crippen LogP contribution in [0.4, 0.5) is 0 Å². The Morgan fingerprint density at radius 2 is 2.26 bits per heavy atom. The van der Waals surface area contributed by atoms with E-state index in [1.54, 1.807) is 18.2 Å². The van der Waals surface area contributed by atoms with Gasteiger partial charge < -0.3 is 10.1 Å². The van der Waals surface area contributed by atoms with Crippen LogP contribution in [0.5, 0.6) is 5.75 Å². The zero-order valence-corrected chi connectivity index (χ0v) is 10.8. The molecule has 1 amide bonds. The minimum Gasteiger partial charge on any atom is -0.484 e. The van der Waals surface area contributed by atoms with Gasteiger partial charge in [-0.3, -0.25) is 9.59 Å². The summed E-state index contributed by atoms with van der Waals surface area (Å²) in [6.45, 7) is 3.92. The fourth-order valence-electron chi connectivity index (χ4n) is 2.10. The summed E-state index contributed by atoms with van der Waals surface area (Å²) in [4.78, 5) is 23.0. The molecular formula is C15H17NO3. The minimum atomic E-state index is -0.186. The highest BCUT2D eigenvalue weighted by Crippen LogP contribution is 2.25. The summed E-state index contributed by atoms with van der Waals surface area (Å²) in [5.41, 5.74) is 1.80. The highest BCUT2D eigenvalue weighted by Gasteiger charge is 2.17. The molecule has 0 heterocycles. The maximum absolute atomic E-state index is 11.7. The quantitative estimate of drug-likeness (QED) is 0.821. The van der Waals surface area contributed by atoms with Crippen molar-refractivity contribution in [2.75, 3.05) is 13.2 Å². The predicted molar refractivity (Wildman–Crippen MR) is 72.4 cm³/mol. The van der Waals surface area contributed by atoms with Crippen LogP contribution in [0.25, 0.3) is 0 Å². The van der Waals surface area contributed by atoms with Gasteiger partial charge in [0.05, 0.1) is 0 Å². The Hall–Kier alpha value is -2.10. The number of ether oxygens (including phenoxy) is 1. The molecule has 1 N–H and O–H groups in total. The Labute approximate surface area is 112 Å². The van der Waals surface area contributed by atoms with Gasteiger partial charge in [0.1, 0.15) is 5.75 Å². The van der Waals surface area contributed by atoms with E-state index in [2.05, 4.69) is 11.9 Å². The molecule has 4 heteroatoms. The lowest BCUT2D eigenvalue weighted by molar-refractivity contribution is -0.122. The molecule has 4 nitrogen and oxygen atoms in total. The van der Waals surface area contributed by atoms with Gasteiger partial charge in [0.15, 0.2) is 12.4 Å². The number of carbonyl (C=O) groups excluding carboxylic acids is 2. The average Bonchev–Trinajstić information content (AvgIpc) is 2.43. The van der Waals surface area contributed by atoms with Crippen molar-refractivity contribution in [2.45, 2.75) is 19.3 Å². The Morgan fingerprint density at radius 3 is 3.05 bits per heavy atom. The van der Waals surface area contributed by atoms with Gasteiger partial charge in [0, 0.05) is 18.5 Å². The number of amides is 1. The molecule has 0 aromatic heterocycles. The van der Waals surface area contributed by atoms with Crippen molar-refractivity contribution in [2.24, 2.45) is 0 Å². The minimum absolute atomic E-state index is 0.0272. The maximum atomic E-state index is 11.7. The van der Waals surface area contributed by atoms with E-state index in [1.807, 2.05) is 6.07 Å². The SMILES string of the molecule is C=CCNC(=O)COc1ccc2c(c1)CCCC2=O. The van der Waals surface area contributed by atoms with E-state index in [9.17, 15) is 9.59 Å². The molecule has 1 aliphatic carbocycles. The third kappa shape index (κ3) is 3.44. The number of Topliss-reactive ketones (excluding diaryl/α,β-unsaturated/α-hetero) is 1. The number of fused-ring (bicyclic) bond motifs is 1. The second kappa shape index (κ2) is 6.18. The van der Waals surface area contributed by atoms with E-state index < -0.39 is 0 Å². The van der Waals surface area contributed by atoms with Crippen molar-refractivity contribution < 1.29 is 14.3 Å². The van der Waals surface area contributed by atoms with Crippen LogP contribution in [-0.4, -0.2) is 24.8 Å². The average molecular weight is 259 g/mol. The molecule has 0 bridgehead atoms. The highest BCUT2D eigenvalue weighted by atomic mass is 16.5. The molecule has 0 saturated heterocycles. The number of aryl methyl sites for hydroxylation is 1. The first-order chi connectivity index (χ1) is 9.20. The van der Waals surface area contributed by atoms with Gasteiger partial charge in [-0.05, 0) is 36.6 Å². The van der Waals surface area contributed by atoms with Crippen LogP contribution in [-0.2, 0) is 11.2 Å². The second-order valence-corrected chi connectivity index (χ2v) is 4.48. The molecule has 19 heavy (non-hydrogen) atoms. The van der Waals surface area contributed by atoms with Crippen molar-refractivity contribution in [3.05, 3.63) is 42.0 Å². The van der Waals surface area contributed by atoms with Crippen LogP contribution in [0.3, 0.4) is 0 Å². The van der Waals surface area contributed by atoms with E-state index >= 15 is 0 Å². The first-order valence-corrected chi connectivity index (χ1v) is 6.37. The Morgan fingerprint density at radius 1 is 1.42 bits per heavy atom. The lowest BCUT2D eigenvalue weighted by atomic mass is 9.91. The molecule has 0 atom stereocenters. The second-order valence-electron chi connectivity index (χ2n) is 4.48. The number of ketones is 1. The lowest BCUT2D eigenvalue weighted by Crippen LogP contribution is -2.28. The normalized spacial score (nSPS) is 13.6. The van der Waals surface area contributed by atoms with Gasteiger partial charge in [-0.15, -0.1) is 6.58 Å². The molecule has 0 unspecified atom stereocenters.